The number of rotatable bonds is 4. The summed E-state index contributed by atoms with van der Waals surface area (Å²) in [6.07, 6.45) is 14.5. The molecule has 0 spiro atoms. The van der Waals surface area contributed by atoms with Crippen molar-refractivity contribution in [2.75, 3.05) is 0 Å². The van der Waals surface area contributed by atoms with Gasteiger partial charge in [0.15, 0.2) is 0 Å². The number of hydrogen-bond acceptors (Lipinski definition) is 1. The van der Waals surface area contributed by atoms with E-state index in [0.717, 1.165) is 24.2 Å². The van der Waals surface area contributed by atoms with E-state index in [-0.39, 0.29) is 5.41 Å². The first-order valence-electron chi connectivity index (χ1n) is 11.0. The first-order valence-corrected chi connectivity index (χ1v) is 11.0. The molecule has 4 fully saturated rings. The summed E-state index contributed by atoms with van der Waals surface area (Å²) in [5, 5.41) is 0. The molecule has 6 unspecified atom stereocenters. The molecule has 6 atom stereocenters. The topological polar surface area (TPSA) is 17.1 Å². The third kappa shape index (κ3) is 2.02. The Labute approximate surface area is 149 Å². The van der Waals surface area contributed by atoms with Crippen LogP contribution < -0.4 is 0 Å². The van der Waals surface area contributed by atoms with E-state index in [9.17, 15) is 4.79 Å². The highest BCUT2D eigenvalue weighted by atomic mass is 16.1. The highest BCUT2D eigenvalue weighted by Gasteiger charge is 2.66. The number of carbonyl (C=O) groups is 1. The molecule has 136 valence electrons. The lowest BCUT2D eigenvalue weighted by Gasteiger charge is -2.64. The van der Waals surface area contributed by atoms with E-state index in [4.69, 9.17) is 0 Å². The molecular formula is C23H38O. The van der Waals surface area contributed by atoms with Gasteiger partial charge in [0.05, 0.1) is 0 Å². The summed E-state index contributed by atoms with van der Waals surface area (Å²) >= 11 is 0. The largest absolute Gasteiger partial charge is 0.299 e. The van der Waals surface area contributed by atoms with Gasteiger partial charge in [-0.05, 0) is 85.9 Å². The van der Waals surface area contributed by atoms with Crippen molar-refractivity contribution in [2.45, 2.75) is 98.3 Å². The molecule has 4 rings (SSSR count). The van der Waals surface area contributed by atoms with Crippen LogP contribution in [0.5, 0.6) is 0 Å². The quantitative estimate of drug-likeness (QED) is 0.582. The summed E-state index contributed by atoms with van der Waals surface area (Å²) in [5.41, 5.74) is 1.18. The fourth-order valence-electron chi connectivity index (χ4n) is 8.27. The van der Waals surface area contributed by atoms with Gasteiger partial charge in [0.25, 0.3) is 0 Å². The summed E-state index contributed by atoms with van der Waals surface area (Å²) in [5.74, 6) is 4.06. The fourth-order valence-corrected chi connectivity index (χ4v) is 8.27. The maximum Gasteiger partial charge on any atom is 0.139 e. The Morgan fingerprint density at radius 3 is 2.33 bits per heavy atom. The van der Waals surface area contributed by atoms with E-state index in [2.05, 4.69) is 27.7 Å². The van der Waals surface area contributed by atoms with Crippen molar-refractivity contribution in [3.63, 3.8) is 0 Å². The predicted octanol–water partition coefficient (Wildman–Crippen LogP) is 6.40. The standard InChI is InChI=1S/C23H38O/c1-5-13-23(16-7-8-16)19-12-15-22(4)18(9-10-20(22)24)17(19)11-14-21(23,3)6-2/h16-19H,5-15H2,1-4H3. The van der Waals surface area contributed by atoms with Crippen LogP contribution in [-0.4, -0.2) is 5.78 Å². The van der Waals surface area contributed by atoms with E-state index in [1.54, 1.807) is 0 Å². The van der Waals surface area contributed by atoms with Crippen LogP contribution in [0.4, 0.5) is 0 Å². The van der Waals surface area contributed by atoms with Gasteiger partial charge >= 0.3 is 0 Å². The van der Waals surface area contributed by atoms with Gasteiger partial charge in [-0.15, -0.1) is 0 Å². The Morgan fingerprint density at radius 2 is 1.71 bits per heavy atom. The molecule has 0 aromatic heterocycles. The molecule has 4 aliphatic carbocycles. The van der Waals surface area contributed by atoms with E-state index in [1.807, 2.05) is 0 Å². The fraction of sp³-hybridized carbons (Fsp3) is 0.957. The Kier molecular flexibility index (Phi) is 3.98. The second-order valence-electron chi connectivity index (χ2n) is 10.3. The monoisotopic (exact) mass is 330 g/mol. The molecule has 4 saturated carbocycles. The van der Waals surface area contributed by atoms with Crippen molar-refractivity contribution in [1.29, 1.82) is 0 Å². The molecule has 0 aliphatic heterocycles. The summed E-state index contributed by atoms with van der Waals surface area (Å²) in [7, 11) is 0. The average molecular weight is 331 g/mol. The molecule has 0 amide bonds. The first kappa shape index (κ1) is 17.1. The number of ketones is 1. The van der Waals surface area contributed by atoms with Gasteiger partial charge in [-0.1, -0.05) is 40.5 Å². The zero-order chi connectivity index (χ0) is 17.2. The first-order chi connectivity index (χ1) is 11.4. The molecule has 0 aromatic carbocycles. The molecule has 0 aromatic rings. The summed E-state index contributed by atoms with van der Waals surface area (Å²) in [4.78, 5) is 12.6. The van der Waals surface area contributed by atoms with E-state index in [0.29, 0.717) is 22.5 Å². The lowest BCUT2D eigenvalue weighted by molar-refractivity contribution is -0.161. The maximum absolute atomic E-state index is 12.6. The molecule has 0 bridgehead atoms. The third-order valence-corrected chi connectivity index (χ3v) is 9.71. The molecule has 4 aliphatic rings. The van der Waals surface area contributed by atoms with Crippen molar-refractivity contribution in [1.82, 2.24) is 0 Å². The van der Waals surface area contributed by atoms with Crippen LogP contribution in [-0.2, 0) is 4.79 Å². The number of fused-ring (bicyclic) bond motifs is 3. The van der Waals surface area contributed by atoms with Gasteiger partial charge in [0, 0.05) is 11.8 Å². The van der Waals surface area contributed by atoms with E-state index >= 15 is 0 Å². The van der Waals surface area contributed by atoms with Gasteiger partial charge in [-0.2, -0.15) is 0 Å². The lowest BCUT2D eigenvalue weighted by Crippen LogP contribution is -2.57. The number of Topliss-reactive ketones (excluding diaryl/α,β-unsaturated/α-hetero) is 1. The van der Waals surface area contributed by atoms with E-state index < -0.39 is 0 Å². The van der Waals surface area contributed by atoms with Crippen LogP contribution in [0.2, 0.25) is 0 Å². The Morgan fingerprint density at radius 1 is 0.958 bits per heavy atom. The van der Waals surface area contributed by atoms with Crippen molar-refractivity contribution in [3.8, 4) is 0 Å². The van der Waals surface area contributed by atoms with Crippen molar-refractivity contribution < 1.29 is 4.79 Å². The molecule has 24 heavy (non-hydrogen) atoms. The smallest absolute Gasteiger partial charge is 0.139 e. The number of carbonyl (C=O) groups excluding carboxylic acids is 1. The Bertz CT molecular complexity index is 520. The zero-order valence-corrected chi connectivity index (χ0v) is 16.5. The Balaban J connectivity index is 1.75. The second kappa shape index (κ2) is 5.58. The highest BCUT2D eigenvalue weighted by molar-refractivity contribution is 5.87. The third-order valence-electron chi connectivity index (χ3n) is 9.71. The highest BCUT2D eigenvalue weighted by Crippen LogP contribution is 2.73. The van der Waals surface area contributed by atoms with Crippen LogP contribution in [0.3, 0.4) is 0 Å². The van der Waals surface area contributed by atoms with Gasteiger partial charge < -0.3 is 0 Å². The van der Waals surface area contributed by atoms with Gasteiger partial charge in [0.2, 0.25) is 0 Å². The predicted molar refractivity (Wildman–Crippen MR) is 99.7 cm³/mol. The average Bonchev–Trinajstić information content (AvgIpc) is 3.37. The van der Waals surface area contributed by atoms with Gasteiger partial charge in [-0.25, -0.2) is 0 Å². The van der Waals surface area contributed by atoms with Crippen molar-refractivity contribution >= 4 is 5.78 Å². The SMILES string of the molecule is CCCC1(C2CC2)C2CCC3(C)C(=O)CCC3C2CCC1(C)CC. The van der Waals surface area contributed by atoms with Crippen molar-refractivity contribution in [2.24, 2.45) is 39.9 Å². The normalized spacial score (nSPS) is 51.3. The van der Waals surface area contributed by atoms with Crippen LogP contribution in [0.15, 0.2) is 0 Å². The summed E-state index contributed by atoms with van der Waals surface area (Å²) in [6.45, 7) is 9.84. The van der Waals surface area contributed by atoms with Crippen molar-refractivity contribution in [3.05, 3.63) is 0 Å². The Hall–Kier alpha value is -0.330. The minimum Gasteiger partial charge on any atom is -0.299 e. The molecule has 1 heteroatoms. The number of hydrogen-bond donors (Lipinski definition) is 0. The molecular weight excluding hydrogens is 292 g/mol. The van der Waals surface area contributed by atoms with Crippen LogP contribution in [0, 0.1) is 39.9 Å². The minimum atomic E-state index is 0.0443. The van der Waals surface area contributed by atoms with E-state index in [1.165, 1.54) is 64.2 Å². The van der Waals surface area contributed by atoms with Gasteiger partial charge in [0.1, 0.15) is 5.78 Å². The van der Waals surface area contributed by atoms with Gasteiger partial charge in [-0.3, -0.25) is 4.79 Å². The molecule has 0 N–H and O–H groups in total. The van der Waals surface area contributed by atoms with Crippen LogP contribution >= 0.6 is 0 Å². The maximum atomic E-state index is 12.6. The molecule has 1 nitrogen and oxygen atoms in total. The zero-order valence-electron chi connectivity index (χ0n) is 16.5. The second-order valence-corrected chi connectivity index (χ2v) is 10.3. The summed E-state index contributed by atoms with van der Waals surface area (Å²) in [6, 6.07) is 0. The lowest BCUT2D eigenvalue weighted by atomic mass is 9.40. The minimum absolute atomic E-state index is 0.0443. The molecule has 0 radical (unpaired) electrons. The van der Waals surface area contributed by atoms with Crippen LogP contribution in [0.25, 0.3) is 0 Å². The molecule has 0 heterocycles. The summed E-state index contributed by atoms with van der Waals surface area (Å²) < 4.78 is 0. The van der Waals surface area contributed by atoms with Crippen LogP contribution in [0.1, 0.15) is 98.3 Å². The molecule has 0 saturated heterocycles.